The van der Waals surface area contributed by atoms with Crippen molar-refractivity contribution in [3.63, 3.8) is 0 Å². The van der Waals surface area contributed by atoms with Gasteiger partial charge in [0.25, 0.3) is 0 Å². The van der Waals surface area contributed by atoms with Crippen molar-refractivity contribution in [1.82, 2.24) is 10.2 Å². The molecule has 0 aliphatic carbocycles. The molecule has 16 heavy (non-hydrogen) atoms. The molecule has 0 aromatic heterocycles. The lowest BCUT2D eigenvalue weighted by atomic mass is 9.94. The zero-order chi connectivity index (χ0) is 12.0. The zero-order valence-corrected chi connectivity index (χ0v) is 10.2. The predicted octanol–water partition coefficient (Wildman–Crippen LogP) is 0.162. The van der Waals surface area contributed by atoms with Crippen LogP contribution in [0.4, 0.5) is 0 Å². The minimum absolute atomic E-state index is 0.249. The number of hydrogen-bond donors (Lipinski definition) is 2. The van der Waals surface area contributed by atoms with E-state index in [1.807, 2.05) is 11.8 Å². The first-order valence-electron chi connectivity index (χ1n) is 5.85. The molecule has 0 spiro atoms. The van der Waals surface area contributed by atoms with Gasteiger partial charge in [-0.1, -0.05) is 6.92 Å². The van der Waals surface area contributed by atoms with E-state index in [-0.39, 0.29) is 6.61 Å². The maximum absolute atomic E-state index is 11.5. The summed E-state index contributed by atoms with van der Waals surface area (Å²) in [6.07, 6.45) is 1.55. The van der Waals surface area contributed by atoms with Gasteiger partial charge in [-0.2, -0.15) is 0 Å². The Bertz CT molecular complexity index is 227. The maximum Gasteiger partial charge on any atom is 0.326 e. The summed E-state index contributed by atoms with van der Waals surface area (Å²) in [4.78, 5) is 13.6. The summed E-state index contributed by atoms with van der Waals surface area (Å²) >= 11 is 0. The summed E-state index contributed by atoms with van der Waals surface area (Å²) in [5.41, 5.74) is -0.860. The smallest absolute Gasteiger partial charge is 0.326 e. The second kappa shape index (κ2) is 6.18. The van der Waals surface area contributed by atoms with Crippen molar-refractivity contribution in [3.05, 3.63) is 0 Å². The van der Waals surface area contributed by atoms with Gasteiger partial charge in [0.2, 0.25) is 0 Å². The average Bonchev–Trinajstić information content (AvgIpc) is 2.54. The van der Waals surface area contributed by atoms with Gasteiger partial charge in [-0.25, -0.2) is 0 Å². The Morgan fingerprint density at radius 1 is 1.50 bits per heavy atom. The second-order valence-corrected chi connectivity index (χ2v) is 4.21. The van der Waals surface area contributed by atoms with Crippen molar-refractivity contribution in [2.45, 2.75) is 25.3 Å². The predicted molar refractivity (Wildman–Crippen MR) is 61.6 cm³/mol. The number of ether oxygens (including phenoxy) is 1. The maximum atomic E-state index is 11.5. The van der Waals surface area contributed by atoms with Crippen molar-refractivity contribution in [1.29, 1.82) is 0 Å². The van der Waals surface area contributed by atoms with Gasteiger partial charge in [0.05, 0.1) is 6.61 Å². The third kappa shape index (κ3) is 2.72. The number of hydrogen-bond acceptors (Lipinski definition) is 4. The number of nitrogens with one attached hydrogen (secondary N) is 1. The van der Waals surface area contributed by atoms with E-state index < -0.39 is 11.5 Å². The number of rotatable bonds is 5. The molecule has 0 aromatic carbocycles. The van der Waals surface area contributed by atoms with E-state index in [1.165, 1.54) is 0 Å². The van der Waals surface area contributed by atoms with Crippen LogP contribution in [-0.4, -0.2) is 61.4 Å². The number of carbonyl (C=O) groups is 1. The molecule has 1 heterocycles. The normalized spacial score (nSPS) is 22.4. The van der Waals surface area contributed by atoms with E-state index in [1.54, 1.807) is 7.11 Å². The van der Waals surface area contributed by atoms with Crippen molar-refractivity contribution in [3.8, 4) is 0 Å². The Labute approximate surface area is 96.8 Å². The molecular formula is C11H22N2O3. The average molecular weight is 230 g/mol. The first kappa shape index (κ1) is 13.4. The summed E-state index contributed by atoms with van der Waals surface area (Å²) in [5, 5.41) is 12.7. The van der Waals surface area contributed by atoms with Gasteiger partial charge in [-0.3, -0.25) is 9.69 Å². The fourth-order valence-corrected chi connectivity index (χ4v) is 2.28. The van der Waals surface area contributed by atoms with Crippen molar-refractivity contribution in [2.24, 2.45) is 0 Å². The molecule has 1 aliphatic rings. The monoisotopic (exact) mass is 230 g/mol. The summed E-state index contributed by atoms with van der Waals surface area (Å²) in [7, 11) is 1.56. The Morgan fingerprint density at radius 2 is 2.25 bits per heavy atom. The van der Waals surface area contributed by atoms with Crippen LogP contribution in [0.15, 0.2) is 0 Å². The van der Waals surface area contributed by atoms with Crippen LogP contribution in [0.25, 0.3) is 0 Å². The van der Waals surface area contributed by atoms with Crippen LogP contribution >= 0.6 is 0 Å². The standard InChI is InChI=1S/C11H22N2O3/c1-3-11(9-16-2,10(14)15)13-7-4-5-12-6-8-13/h12H,3-9H2,1-2H3,(H,14,15). The molecule has 0 aromatic rings. The number of carboxylic acid groups (broad SMARTS) is 1. The van der Waals surface area contributed by atoms with Gasteiger partial charge < -0.3 is 15.2 Å². The summed E-state index contributed by atoms with van der Waals surface area (Å²) in [5.74, 6) is -0.779. The summed E-state index contributed by atoms with van der Waals surface area (Å²) in [6, 6.07) is 0. The molecule has 1 fully saturated rings. The van der Waals surface area contributed by atoms with Gasteiger partial charge >= 0.3 is 5.97 Å². The highest BCUT2D eigenvalue weighted by molar-refractivity contribution is 5.79. The van der Waals surface area contributed by atoms with Crippen molar-refractivity contribution >= 4 is 5.97 Å². The van der Waals surface area contributed by atoms with E-state index in [9.17, 15) is 9.90 Å². The van der Waals surface area contributed by atoms with Gasteiger partial charge in [0.15, 0.2) is 0 Å². The minimum atomic E-state index is -0.860. The lowest BCUT2D eigenvalue weighted by molar-refractivity contribution is -0.156. The highest BCUT2D eigenvalue weighted by Gasteiger charge is 2.42. The molecule has 2 N–H and O–H groups in total. The van der Waals surface area contributed by atoms with Crippen LogP contribution in [-0.2, 0) is 9.53 Å². The highest BCUT2D eigenvalue weighted by Crippen LogP contribution is 2.22. The molecule has 1 unspecified atom stereocenters. The van der Waals surface area contributed by atoms with Crippen LogP contribution in [0.5, 0.6) is 0 Å². The first-order valence-corrected chi connectivity index (χ1v) is 5.85. The molecule has 0 bridgehead atoms. The SMILES string of the molecule is CCC(COC)(C(=O)O)N1CCCNCC1. The quantitative estimate of drug-likeness (QED) is 0.704. The largest absolute Gasteiger partial charge is 0.480 e. The molecule has 0 radical (unpaired) electrons. The molecule has 94 valence electrons. The van der Waals surface area contributed by atoms with Crippen molar-refractivity contribution < 1.29 is 14.6 Å². The topological polar surface area (TPSA) is 61.8 Å². The Morgan fingerprint density at radius 3 is 2.81 bits per heavy atom. The fraction of sp³-hybridized carbons (Fsp3) is 0.909. The molecular weight excluding hydrogens is 208 g/mol. The molecule has 0 saturated carbocycles. The second-order valence-electron chi connectivity index (χ2n) is 4.21. The number of carboxylic acids is 1. The Hall–Kier alpha value is -0.650. The van der Waals surface area contributed by atoms with E-state index in [4.69, 9.17) is 4.74 Å². The zero-order valence-electron chi connectivity index (χ0n) is 10.2. The fourth-order valence-electron chi connectivity index (χ4n) is 2.28. The molecule has 5 nitrogen and oxygen atoms in total. The lowest BCUT2D eigenvalue weighted by Gasteiger charge is -2.38. The minimum Gasteiger partial charge on any atom is -0.480 e. The summed E-state index contributed by atoms with van der Waals surface area (Å²) < 4.78 is 5.11. The van der Waals surface area contributed by atoms with Crippen LogP contribution in [0.2, 0.25) is 0 Å². The van der Waals surface area contributed by atoms with E-state index in [2.05, 4.69) is 5.32 Å². The van der Waals surface area contributed by atoms with E-state index in [0.717, 1.165) is 32.6 Å². The third-order valence-corrected chi connectivity index (χ3v) is 3.31. The molecule has 1 atom stereocenters. The molecule has 0 amide bonds. The van der Waals surface area contributed by atoms with Gasteiger partial charge in [0, 0.05) is 26.7 Å². The highest BCUT2D eigenvalue weighted by atomic mass is 16.5. The summed E-state index contributed by atoms with van der Waals surface area (Å²) in [6.45, 7) is 5.55. The van der Waals surface area contributed by atoms with Gasteiger partial charge in [0.1, 0.15) is 5.54 Å². The van der Waals surface area contributed by atoms with Gasteiger partial charge in [-0.05, 0) is 19.4 Å². The molecule has 1 rings (SSSR count). The van der Waals surface area contributed by atoms with Crippen molar-refractivity contribution in [2.75, 3.05) is 39.9 Å². The van der Waals surface area contributed by atoms with E-state index >= 15 is 0 Å². The molecule has 1 saturated heterocycles. The Balaban J connectivity index is 2.83. The van der Waals surface area contributed by atoms with Crippen LogP contribution in [0.3, 0.4) is 0 Å². The van der Waals surface area contributed by atoms with Crippen LogP contribution in [0, 0.1) is 0 Å². The van der Waals surface area contributed by atoms with Crippen LogP contribution < -0.4 is 5.32 Å². The Kier molecular flexibility index (Phi) is 5.18. The molecule has 5 heteroatoms. The number of methoxy groups -OCH3 is 1. The number of aliphatic carboxylic acids is 1. The third-order valence-electron chi connectivity index (χ3n) is 3.31. The number of nitrogens with zero attached hydrogens (tertiary/aromatic N) is 1. The van der Waals surface area contributed by atoms with E-state index in [0.29, 0.717) is 6.42 Å². The van der Waals surface area contributed by atoms with Crippen LogP contribution in [0.1, 0.15) is 19.8 Å². The lowest BCUT2D eigenvalue weighted by Crippen LogP contribution is -2.58. The first-order chi connectivity index (χ1) is 7.67. The van der Waals surface area contributed by atoms with Gasteiger partial charge in [-0.15, -0.1) is 0 Å². The molecule has 1 aliphatic heterocycles.